The van der Waals surface area contributed by atoms with E-state index in [1.165, 1.54) is 16.7 Å². The highest BCUT2D eigenvalue weighted by Crippen LogP contribution is 2.63. The van der Waals surface area contributed by atoms with Crippen molar-refractivity contribution in [1.29, 1.82) is 5.26 Å². The number of benzene rings is 1. The second-order valence-corrected chi connectivity index (χ2v) is 5.38. The van der Waals surface area contributed by atoms with E-state index >= 15 is 0 Å². The summed E-state index contributed by atoms with van der Waals surface area (Å²) in [4.78, 5) is 0. The van der Waals surface area contributed by atoms with Crippen LogP contribution in [0.4, 0.5) is 0 Å². The monoisotopic (exact) mass is 199 g/mol. The topological polar surface area (TPSA) is 23.8 Å². The van der Waals surface area contributed by atoms with Gasteiger partial charge < -0.3 is 0 Å². The van der Waals surface area contributed by atoms with Crippen molar-refractivity contribution >= 4 is 0 Å². The molecule has 1 aliphatic carbocycles. The Morgan fingerprint density at radius 3 is 2.20 bits per heavy atom. The van der Waals surface area contributed by atoms with E-state index in [1.807, 2.05) is 0 Å². The molecule has 78 valence electrons. The number of nitriles is 1. The summed E-state index contributed by atoms with van der Waals surface area (Å²) in [6.07, 6.45) is 0.985. The van der Waals surface area contributed by atoms with Gasteiger partial charge in [-0.2, -0.15) is 5.26 Å². The molecule has 0 N–H and O–H groups in total. The molecule has 0 radical (unpaired) electrons. The Balaban J connectivity index is 2.48. The minimum absolute atomic E-state index is 0.142. The fourth-order valence-electron chi connectivity index (χ4n) is 2.37. The number of hydrogen-bond donors (Lipinski definition) is 0. The molecule has 1 unspecified atom stereocenters. The zero-order valence-corrected chi connectivity index (χ0v) is 9.89. The molecule has 15 heavy (non-hydrogen) atoms. The Hall–Kier alpha value is -1.29. The lowest BCUT2D eigenvalue weighted by Gasteiger charge is -2.14. The predicted octanol–water partition coefficient (Wildman–Crippen LogP) is 3.49. The third-order valence-corrected chi connectivity index (χ3v) is 3.93. The molecule has 1 atom stereocenters. The van der Waals surface area contributed by atoms with Crippen LogP contribution >= 0.6 is 0 Å². The van der Waals surface area contributed by atoms with Gasteiger partial charge in [-0.25, -0.2) is 0 Å². The van der Waals surface area contributed by atoms with Crippen LogP contribution in [-0.2, 0) is 5.41 Å². The number of hydrogen-bond acceptors (Lipinski definition) is 1. The first-order valence-corrected chi connectivity index (χ1v) is 5.42. The highest BCUT2D eigenvalue weighted by Gasteiger charge is 2.63. The normalized spacial score (nSPS) is 27.1. The Morgan fingerprint density at radius 1 is 1.20 bits per heavy atom. The Morgan fingerprint density at radius 2 is 1.80 bits per heavy atom. The second kappa shape index (κ2) is 2.85. The maximum Gasteiger partial charge on any atom is 0.0879 e. The van der Waals surface area contributed by atoms with Gasteiger partial charge in [0.2, 0.25) is 0 Å². The summed E-state index contributed by atoms with van der Waals surface area (Å²) in [6.45, 7) is 8.56. The molecule has 1 fully saturated rings. The molecule has 0 spiro atoms. The van der Waals surface area contributed by atoms with Crippen LogP contribution in [-0.4, -0.2) is 0 Å². The summed E-state index contributed by atoms with van der Waals surface area (Å²) in [5, 5.41) is 9.36. The lowest BCUT2D eigenvalue weighted by molar-refractivity contribution is 0.570. The molecule has 1 heteroatoms. The Labute approximate surface area is 91.7 Å². The van der Waals surface area contributed by atoms with Crippen molar-refractivity contribution in [1.82, 2.24) is 0 Å². The lowest BCUT2D eigenvalue weighted by Crippen LogP contribution is -2.11. The number of nitrogens with zero attached hydrogens (tertiary/aromatic N) is 1. The molecule has 1 aromatic rings. The zero-order valence-electron chi connectivity index (χ0n) is 9.89. The first kappa shape index (κ1) is 10.2. The van der Waals surface area contributed by atoms with Crippen LogP contribution in [0.25, 0.3) is 0 Å². The molecular formula is C14H17N. The highest BCUT2D eigenvalue weighted by molar-refractivity contribution is 5.47. The van der Waals surface area contributed by atoms with Gasteiger partial charge in [0, 0.05) is 0 Å². The van der Waals surface area contributed by atoms with Crippen molar-refractivity contribution in [2.45, 2.75) is 39.5 Å². The molecular weight excluding hydrogens is 182 g/mol. The van der Waals surface area contributed by atoms with Crippen molar-refractivity contribution in [3.8, 4) is 6.07 Å². The quantitative estimate of drug-likeness (QED) is 0.679. The first-order valence-electron chi connectivity index (χ1n) is 5.42. The van der Waals surface area contributed by atoms with Gasteiger partial charge in [0.05, 0.1) is 11.5 Å². The van der Waals surface area contributed by atoms with Gasteiger partial charge in [0.15, 0.2) is 0 Å². The Bertz CT molecular complexity index is 451. The van der Waals surface area contributed by atoms with Gasteiger partial charge in [-0.15, -0.1) is 0 Å². The summed E-state index contributed by atoms with van der Waals surface area (Å²) < 4.78 is 0. The molecule has 0 bridgehead atoms. The molecule has 0 saturated heterocycles. The largest absolute Gasteiger partial charge is 0.197 e. The van der Waals surface area contributed by atoms with Crippen LogP contribution < -0.4 is 0 Å². The number of aryl methyl sites for hydroxylation is 2. The summed E-state index contributed by atoms with van der Waals surface area (Å²) in [5.74, 6) is 0. The highest BCUT2D eigenvalue weighted by atomic mass is 14.6. The van der Waals surface area contributed by atoms with E-state index in [1.54, 1.807) is 0 Å². The maximum atomic E-state index is 9.36. The summed E-state index contributed by atoms with van der Waals surface area (Å²) in [7, 11) is 0. The standard InChI is InChI=1S/C14H17N/c1-10-5-6-12(7-11(10)2)14(9-15)8-13(14,3)4/h5-7H,8H2,1-4H3. The molecule has 0 aliphatic heterocycles. The van der Waals surface area contributed by atoms with E-state index in [9.17, 15) is 5.26 Å². The van der Waals surface area contributed by atoms with Crippen molar-refractivity contribution in [3.05, 3.63) is 34.9 Å². The van der Waals surface area contributed by atoms with Crippen LogP contribution in [0.2, 0.25) is 0 Å². The average molecular weight is 199 g/mol. The molecule has 1 aromatic carbocycles. The SMILES string of the molecule is Cc1ccc(C2(C#N)CC2(C)C)cc1C. The Kier molecular flexibility index (Phi) is 1.95. The minimum Gasteiger partial charge on any atom is -0.197 e. The summed E-state index contributed by atoms with van der Waals surface area (Å²) in [5.41, 5.74) is 3.68. The van der Waals surface area contributed by atoms with Gasteiger partial charge in [0.25, 0.3) is 0 Å². The van der Waals surface area contributed by atoms with Crippen molar-refractivity contribution in [2.75, 3.05) is 0 Å². The van der Waals surface area contributed by atoms with Crippen molar-refractivity contribution in [2.24, 2.45) is 5.41 Å². The van der Waals surface area contributed by atoms with E-state index in [4.69, 9.17) is 0 Å². The fourth-order valence-corrected chi connectivity index (χ4v) is 2.37. The van der Waals surface area contributed by atoms with Crippen LogP contribution in [0.3, 0.4) is 0 Å². The van der Waals surface area contributed by atoms with Gasteiger partial charge in [0.1, 0.15) is 0 Å². The van der Waals surface area contributed by atoms with Crippen molar-refractivity contribution in [3.63, 3.8) is 0 Å². The van der Waals surface area contributed by atoms with E-state index in [0.29, 0.717) is 0 Å². The van der Waals surface area contributed by atoms with E-state index in [-0.39, 0.29) is 10.8 Å². The second-order valence-electron chi connectivity index (χ2n) is 5.38. The predicted molar refractivity (Wildman–Crippen MR) is 61.6 cm³/mol. The summed E-state index contributed by atoms with van der Waals surface area (Å²) >= 11 is 0. The number of rotatable bonds is 1. The van der Waals surface area contributed by atoms with Gasteiger partial charge in [-0.1, -0.05) is 32.0 Å². The van der Waals surface area contributed by atoms with E-state index in [0.717, 1.165) is 6.42 Å². The van der Waals surface area contributed by atoms with Gasteiger partial charge >= 0.3 is 0 Å². The van der Waals surface area contributed by atoms with Crippen molar-refractivity contribution < 1.29 is 0 Å². The molecule has 1 aliphatic rings. The molecule has 0 heterocycles. The van der Waals surface area contributed by atoms with Crippen LogP contribution in [0.1, 0.15) is 37.0 Å². The maximum absolute atomic E-state index is 9.36. The van der Waals surface area contributed by atoms with E-state index < -0.39 is 0 Å². The summed E-state index contributed by atoms with van der Waals surface area (Å²) in [6, 6.07) is 8.91. The molecule has 0 amide bonds. The van der Waals surface area contributed by atoms with Crippen LogP contribution in [0.15, 0.2) is 18.2 Å². The third kappa shape index (κ3) is 1.28. The van der Waals surface area contributed by atoms with Crippen LogP contribution in [0.5, 0.6) is 0 Å². The molecule has 1 nitrogen and oxygen atoms in total. The molecule has 1 saturated carbocycles. The lowest BCUT2D eigenvalue weighted by atomic mass is 9.88. The van der Waals surface area contributed by atoms with Gasteiger partial charge in [-0.05, 0) is 42.4 Å². The average Bonchev–Trinajstić information content (AvgIpc) is 2.75. The third-order valence-electron chi connectivity index (χ3n) is 3.93. The molecule has 0 aromatic heterocycles. The zero-order chi connectivity index (χ0) is 11.3. The molecule has 2 rings (SSSR count). The first-order chi connectivity index (χ1) is 6.93. The fraction of sp³-hybridized carbons (Fsp3) is 0.500. The van der Waals surface area contributed by atoms with Crippen LogP contribution in [0, 0.1) is 30.6 Å². The smallest absolute Gasteiger partial charge is 0.0879 e. The van der Waals surface area contributed by atoms with Gasteiger partial charge in [-0.3, -0.25) is 0 Å². The minimum atomic E-state index is -0.231. The van der Waals surface area contributed by atoms with E-state index in [2.05, 4.69) is 52.0 Å².